The van der Waals surface area contributed by atoms with E-state index in [9.17, 15) is 0 Å². The highest BCUT2D eigenvalue weighted by Gasteiger charge is 2.08. The number of methoxy groups -OCH3 is 2. The van der Waals surface area contributed by atoms with Crippen molar-refractivity contribution < 1.29 is 9.47 Å². The minimum absolute atomic E-state index is 0.185. The van der Waals surface area contributed by atoms with Crippen LogP contribution in [0, 0.1) is 0 Å². The molecule has 0 saturated heterocycles. The lowest BCUT2D eigenvalue weighted by molar-refractivity contribution is 0.414. The highest BCUT2D eigenvalue weighted by Crippen LogP contribution is 2.30. The Kier molecular flexibility index (Phi) is 4.90. The fourth-order valence-electron chi connectivity index (χ4n) is 1.95. The monoisotopic (exact) mass is 335 g/mol. The second-order valence-corrected chi connectivity index (χ2v) is 5.34. The minimum atomic E-state index is 0.185. The molecule has 1 unspecified atom stereocenters. The van der Waals surface area contributed by atoms with Gasteiger partial charge in [0.15, 0.2) is 0 Å². The zero-order valence-corrected chi connectivity index (χ0v) is 13.4. The molecule has 0 fully saturated rings. The number of nitrogens with one attached hydrogen (secondary N) is 1. The number of hydrogen-bond donors (Lipinski definition) is 1. The molecule has 4 heteroatoms. The second-order valence-electron chi connectivity index (χ2n) is 4.48. The maximum Gasteiger partial charge on any atom is 0.121 e. The summed E-state index contributed by atoms with van der Waals surface area (Å²) < 4.78 is 11.4. The van der Waals surface area contributed by atoms with Gasteiger partial charge in [0, 0.05) is 16.6 Å². The Labute approximate surface area is 128 Å². The standard InChI is InChI=1S/C16H18BrNO2/c1-11(12-4-6-13(19-2)7-5-12)18-16-10-14(20-3)8-9-15(16)17/h4-11,18H,1-3H3. The van der Waals surface area contributed by atoms with Gasteiger partial charge in [0.1, 0.15) is 11.5 Å². The lowest BCUT2D eigenvalue weighted by atomic mass is 10.1. The van der Waals surface area contributed by atoms with E-state index in [0.717, 1.165) is 21.7 Å². The number of anilines is 1. The third kappa shape index (κ3) is 3.45. The normalized spacial score (nSPS) is 11.8. The van der Waals surface area contributed by atoms with Gasteiger partial charge in [-0.2, -0.15) is 0 Å². The Bertz CT molecular complexity index is 569. The van der Waals surface area contributed by atoms with Gasteiger partial charge in [0.25, 0.3) is 0 Å². The zero-order valence-electron chi connectivity index (χ0n) is 11.8. The molecule has 0 amide bonds. The summed E-state index contributed by atoms with van der Waals surface area (Å²) >= 11 is 3.55. The first kappa shape index (κ1) is 14.7. The third-order valence-corrected chi connectivity index (χ3v) is 3.85. The van der Waals surface area contributed by atoms with E-state index in [1.165, 1.54) is 5.56 Å². The molecule has 0 bridgehead atoms. The van der Waals surface area contributed by atoms with E-state index >= 15 is 0 Å². The van der Waals surface area contributed by atoms with Crippen molar-refractivity contribution in [2.45, 2.75) is 13.0 Å². The van der Waals surface area contributed by atoms with Gasteiger partial charge in [-0.3, -0.25) is 0 Å². The number of halogens is 1. The molecular weight excluding hydrogens is 318 g/mol. The molecule has 0 spiro atoms. The van der Waals surface area contributed by atoms with Crippen molar-refractivity contribution in [2.24, 2.45) is 0 Å². The van der Waals surface area contributed by atoms with Crippen LogP contribution in [0.4, 0.5) is 5.69 Å². The fourth-order valence-corrected chi connectivity index (χ4v) is 2.31. The zero-order chi connectivity index (χ0) is 14.5. The van der Waals surface area contributed by atoms with E-state index in [2.05, 4.69) is 40.3 Å². The minimum Gasteiger partial charge on any atom is -0.497 e. The largest absolute Gasteiger partial charge is 0.497 e. The van der Waals surface area contributed by atoms with Gasteiger partial charge in [0.2, 0.25) is 0 Å². The molecule has 0 radical (unpaired) electrons. The molecule has 1 N–H and O–H groups in total. The molecule has 0 aromatic heterocycles. The summed E-state index contributed by atoms with van der Waals surface area (Å²) in [5.41, 5.74) is 2.20. The molecule has 0 aliphatic heterocycles. The van der Waals surface area contributed by atoms with Gasteiger partial charge in [-0.15, -0.1) is 0 Å². The van der Waals surface area contributed by atoms with Crippen LogP contribution in [-0.2, 0) is 0 Å². The van der Waals surface area contributed by atoms with E-state index in [1.54, 1.807) is 14.2 Å². The predicted molar refractivity (Wildman–Crippen MR) is 85.7 cm³/mol. The van der Waals surface area contributed by atoms with Crippen molar-refractivity contribution in [3.05, 3.63) is 52.5 Å². The Morgan fingerprint density at radius 2 is 1.55 bits per heavy atom. The average molecular weight is 336 g/mol. The van der Waals surface area contributed by atoms with E-state index < -0.39 is 0 Å². The number of hydrogen-bond acceptors (Lipinski definition) is 3. The maximum absolute atomic E-state index is 5.25. The number of ether oxygens (including phenoxy) is 2. The molecule has 2 rings (SSSR count). The Morgan fingerprint density at radius 3 is 2.15 bits per heavy atom. The summed E-state index contributed by atoms with van der Waals surface area (Å²) in [6, 6.07) is 14.1. The van der Waals surface area contributed by atoms with E-state index in [4.69, 9.17) is 9.47 Å². The highest BCUT2D eigenvalue weighted by molar-refractivity contribution is 9.10. The fraction of sp³-hybridized carbons (Fsp3) is 0.250. The van der Waals surface area contributed by atoms with Gasteiger partial charge in [-0.1, -0.05) is 12.1 Å². The first-order chi connectivity index (χ1) is 9.63. The van der Waals surface area contributed by atoms with Crippen molar-refractivity contribution in [3.63, 3.8) is 0 Å². The maximum atomic E-state index is 5.25. The molecule has 0 aliphatic carbocycles. The molecule has 106 valence electrons. The molecule has 0 saturated carbocycles. The van der Waals surface area contributed by atoms with Gasteiger partial charge >= 0.3 is 0 Å². The van der Waals surface area contributed by atoms with Crippen molar-refractivity contribution in [2.75, 3.05) is 19.5 Å². The van der Waals surface area contributed by atoms with E-state index in [-0.39, 0.29) is 6.04 Å². The Morgan fingerprint density at radius 1 is 0.950 bits per heavy atom. The molecular formula is C16H18BrNO2. The third-order valence-electron chi connectivity index (χ3n) is 3.16. The molecule has 0 aliphatic rings. The van der Waals surface area contributed by atoms with Crippen LogP contribution < -0.4 is 14.8 Å². The summed E-state index contributed by atoms with van der Waals surface area (Å²) in [5.74, 6) is 1.70. The summed E-state index contributed by atoms with van der Waals surface area (Å²) in [6.45, 7) is 2.12. The highest BCUT2D eigenvalue weighted by atomic mass is 79.9. The number of rotatable bonds is 5. The Hall–Kier alpha value is -1.68. The molecule has 2 aromatic carbocycles. The van der Waals surface area contributed by atoms with Crippen LogP contribution in [0.3, 0.4) is 0 Å². The SMILES string of the molecule is COc1ccc(C(C)Nc2cc(OC)ccc2Br)cc1. The summed E-state index contributed by atoms with van der Waals surface area (Å²) in [5, 5.41) is 3.47. The van der Waals surface area contributed by atoms with Crippen molar-refractivity contribution >= 4 is 21.6 Å². The van der Waals surface area contributed by atoms with E-state index in [0.29, 0.717) is 0 Å². The first-order valence-electron chi connectivity index (χ1n) is 6.38. The van der Waals surface area contributed by atoms with Crippen LogP contribution >= 0.6 is 15.9 Å². The average Bonchev–Trinajstić information content (AvgIpc) is 2.49. The predicted octanol–water partition coefficient (Wildman–Crippen LogP) is 4.64. The van der Waals surface area contributed by atoms with Crippen LogP contribution in [0.25, 0.3) is 0 Å². The van der Waals surface area contributed by atoms with Gasteiger partial charge in [-0.25, -0.2) is 0 Å². The summed E-state index contributed by atoms with van der Waals surface area (Å²) in [6.07, 6.45) is 0. The van der Waals surface area contributed by atoms with Gasteiger partial charge in [0.05, 0.1) is 19.9 Å². The van der Waals surface area contributed by atoms with Crippen LogP contribution in [0.1, 0.15) is 18.5 Å². The quantitative estimate of drug-likeness (QED) is 0.863. The summed E-state index contributed by atoms with van der Waals surface area (Å²) in [7, 11) is 3.34. The van der Waals surface area contributed by atoms with Crippen LogP contribution in [0.15, 0.2) is 46.9 Å². The van der Waals surface area contributed by atoms with Gasteiger partial charge in [-0.05, 0) is 52.7 Å². The Balaban J connectivity index is 2.15. The lowest BCUT2D eigenvalue weighted by Gasteiger charge is -2.18. The van der Waals surface area contributed by atoms with Crippen LogP contribution in [0.5, 0.6) is 11.5 Å². The molecule has 20 heavy (non-hydrogen) atoms. The van der Waals surface area contributed by atoms with Crippen molar-refractivity contribution in [1.82, 2.24) is 0 Å². The van der Waals surface area contributed by atoms with Crippen LogP contribution in [-0.4, -0.2) is 14.2 Å². The number of benzene rings is 2. The van der Waals surface area contributed by atoms with E-state index in [1.807, 2.05) is 30.3 Å². The smallest absolute Gasteiger partial charge is 0.121 e. The van der Waals surface area contributed by atoms with Crippen molar-refractivity contribution in [3.8, 4) is 11.5 Å². The molecule has 3 nitrogen and oxygen atoms in total. The molecule has 1 atom stereocenters. The second kappa shape index (κ2) is 6.66. The first-order valence-corrected chi connectivity index (χ1v) is 7.17. The van der Waals surface area contributed by atoms with Crippen molar-refractivity contribution in [1.29, 1.82) is 0 Å². The molecule has 0 heterocycles. The summed E-state index contributed by atoms with van der Waals surface area (Å²) in [4.78, 5) is 0. The topological polar surface area (TPSA) is 30.5 Å². The van der Waals surface area contributed by atoms with Crippen LogP contribution in [0.2, 0.25) is 0 Å². The molecule has 2 aromatic rings. The van der Waals surface area contributed by atoms with Gasteiger partial charge < -0.3 is 14.8 Å². The lowest BCUT2D eigenvalue weighted by Crippen LogP contribution is -2.07.